The molecule has 3 aliphatic rings. The normalized spacial score (nSPS) is 26.7. The molecule has 1 saturated heterocycles. The fraction of sp³-hybridized carbons (Fsp3) is 0.429. The Balaban J connectivity index is 1.59. The maximum atomic E-state index is 12.6. The third-order valence-electron chi connectivity index (χ3n) is 6.35. The number of ether oxygens (including phenoxy) is 1. The average Bonchev–Trinajstić information content (AvgIpc) is 3.61. The van der Waals surface area contributed by atoms with Gasteiger partial charge in [0.1, 0.15) is 23.2 Å². The number of carbonyl (C=O) groups excluding carboxylic acids is 4. The van der Waals surface area contributed by atoms with E-state index >= 15 is 0 Å². The molecule has 9 nitrogen and oxygen atoms in total. The second-order valence-corrected chi connectivity index (χ2v) is 9.55. The van der Waals surface area contributed by atoms with Crippen molar-refractivity contribution in [3.05, 3.63) is 71.3 Å². The first-order valence-electron chi connectivity index (χ1n) is 12.5. The number of Topliss-reactive ketones (excluding diaryl/α,β-unsaturated/α-hetero) is 2. The lowest BCUT2D eigenvalue weighted by molar-refractivity contribution is -0.121. The van der Waals surface area contributed by atoms with Gasteiger partial charge in [0.15, 0.2) is 11.9 Å². The van der Waals surface area contributed by atoms with Gasteiger partial charge in [0.05, 0.1) is 5.70 Å². The molecule has 0 saturated carbocycles. The van der Waals surface area contributed by atoms with Gasteiger partial charge in [-0.3, -0.25) is 19.2 Å². The summed E-state index contributed by atoms with van der Waals surface area (Å²) in [5, 5.41) is 25.6. The first kappa shape index (κ1) is 28.0. The summed E-state index contributed by atoms with van der Waals surface area (Å²) in [5.41, 5.74) is -1.17. The van der Waals surface area contributed by atoms with Crippen LogP contribution in [0.25, 0.3) is 0 Å². The molecule has 0 unspecified atom stereocenters. The Bertz CT molecular complexity index is 1140. The number of fused-ring (bicyclic) bond motifs is 1. The molecule has 0 aromatic carbocycles. The summed E-state index contributed by atoms with van der Waals surface area (Å²) in [6, 6.07) is 0. The number of aliphatic hydroxyl groups excluding tert-OH is 1. The van der Waals surface area contributed by atoms with Gasteiger partial charge in [-0.05, 0) is 31.4 Å². The number of allylic oxidation sites excluding steroid dienone is 7. The van der Waals surface area contributed by atoms with Crippen molar-refractivity contribution < 1.29 is 34.1 Å². The molecule has 37 heavy (non-hydrogen) atoms. The first-order valence-corrected chi connectivity index (χ1v) is 12.5. The largest absolute Gasteiger partial charge is 0.510 e. The molecular weight excluding hydrogens is 476 g/mol. The van der Waals surface area contributed by atoms with E-state index in [9.17, 15) is 29.4 Å². The second kappa shape index (κ2) is 12.1. The fourth-order valence-electron chi connectivity index (χ4n) is 4.21. The number of hydrogen-bond acceptors (Lipinski definition) is 7. The van der Waals surface area contributed by atoms with Crippen LogP contribution >= 0.6 is 0 Å². The molecule has 9 heteroatoms. The average molecular weight is 511 g/mol. The smallest absolute Gasteiger partial charge is 0.251 e. The highest BCUT2D eigenvalue weighted by Gasteiger charge is 2.59. The predicted octanol–water partition coefficient (Wildman–Crippen LogP) is 2.76. The zero-order valence-electron chi connectivity index (χ0n) is 21.3. The summed E-state index contributed by atoms with van der Waals surface area (Å²) in [7, 11) is 0. The minimum absolute atomic E-state index is 0.00979. The highest BCUT2D eigenvalue weighted by atomic mass is 16.6. The Morgan fingerprint density at radius 2 is 1.92 bits per heavy atom. The Hall–Kier alpha value is -3.56. The molecule has 1 heterocycles. The molecule has 0 aromatic heterocycles. The summed E-state index contributed by atoms with van der Waals surface area (Å²) in [4.78, 5) is 48.7. The van der Waals surface area contributed by atoms with Crippen LogP contribution in [0.2, 0.25) is 0 Å². The number of epoxide rings is 1. The van der Waals surface area contributed by atoms with Gasteiger partial charge in [0.25, 0.3) is 5.91 Å². The van der Waals surface area contributed by atoms with Gasteiger partial charge < -0.3 is 25.6 Å². The first-order chi connectivity index (χ1) is 17.6. The number of amides is 2. The molecule has 4 atom stereocenters. The maximum Gasteiger partial charge on any atom is 0.251 e. The minimum atomic E-state index is -1.59. The van der Waals surface area contributed by atoms with Crippen LogP contribution < -0.4 is 10.6 Å². The lowest BCUT2D eigenvalue weighted by Gasteiger charge is -2.23. The van der Waals surface area contributed by atoms with Gasteiger partial charge in [-0.1, -0.05) is 57.1 Å². The molecule has 198 valence electrons. The van der Waals surface area contributed by atoms with E-state index < -0.39 is 29.6 Å². The van der Waals surface area contributed by atoms with E-state index in [0.29, 0.717) is 5.57 Å². The Morgan fingerprint density at radius 3 is 2.59 bits per heavy atom. The summed E-state index contributed by atoms with van der Waals surface area (Å²) < 4.78 is 5.37. The van der Waals surface area contributed by atoms with E-state index in [1.54, 1.807) is 13.0 Å². The number of hydrogen-bond donors (Lipinski definition) is 4. The van der Waals surface area contributed by atoms with E-state index in [-0.39, 0.29) is 47.5 Å². The molecule has 2 aliphatic carbocycles. The Labute approximate surface area is 216 Å². The second-order valence-electron chi connectivity index (χ2n) is 9.55. The highest BCUT2D eigenvalue weighted by molar-refractivity contribution is 6.07. The van der Waals surface area contributed by atoms with Crippen molar-refractivity contribution in [3.63, 3.8) is 0 Å². The van der Waals surface area contributed by atoms with E-state index in [1.165, 1.54) is 36.5 Å². The number of aliphatic hydroxyl groups is 2. The fourth-order valence-corrected chi connectivity index (χ4v) is 4.21. The molecule has 3 rings (SSSR count). The summed E-state index contributed by atoms with van der Waals surface area (Å²) >= 11 is 0. The molecule has 0 bridgehead atoms. The van der Waals surface area contributed by atoms with Crippen molar-refractivity contribution in [2.75, 3.05) is 0 Å². The molecule has 0 radical (unpaired) electrons. The molecule has 4 N–H and O–H groups in total. The third kappa shape index (κ3) is 7.24. The van der Waals surface area contributed by atoms with Crippen molar-refractivity contribution >= 4 is 23.4 Å². The molecule has 1 aliphatic heterocycles. The van der Waals surface area contributed by atoms with Crippen LogP contribution in [0.3, 0.4) is 0 Å². The van der Waals surface area contributed by atoms with Crippen LogP contribution in [0.5, 0.6) is 0 Å². The number of carbonyl (C=O) groups is 4. The monoisotopic (exact) mass is 510 g/mol. The van der Waals surface area contributed by atoms with Crippen LogP contribution in [0.15, 0.2) is 71.3 Å². The topological polar surface area (TPSA) is 145 Å². The SMILES string of the molecule is CCCC[C@@H](C)/C=C(\C)C(=O)NC1=C[C@](O)(/C=C/C=C/C=C/C(=O)NC2=C(O)CCC2=O)[C@@H]2O[C@@H]2C1=O. The van der Waals surface area contributed by atoms with E-state index in [2.05, 4.69) is 17.6 Å². The zero-order chi connectivity index (χ0) is 27.2. The summed E-state index contributed by atoms with van der Waals surface area (Å²) in [6.45, 7) is 5.84. The summed E-state index contributed by atoms with van der Waals surface area (Å²) in [5.74, 6) is -1.54. The lowest BCUT2D eigenvalue weighted by Crippen LogP contribution is -2.42. The van der Waals surface area contributed by atoms with Crippen molar-refractivity contribution in [1.82, 2.24) is 10.6 Å². The Kier molecular flexibility index (Phi) is 9.18. The van der Waals surface area contributed by atoms with Crippen molar-refractivity contribution in [2.45, 2.75) is 70.7 Å². The maximum absolute atomic E-state index is 12.6. The number of nitrogens with one attached hydrogen (secondary N) is 2. The van der Waals surface area contributed by atoms with Crippen LogP contribution in [-0.2, 0) is 23.9 Å². The highest BCUT2D eigenvalue weighted by Crippen LogP contribution is 2.40. The predicted molar refractivity (Wildman–Crippen MR) is 137 cm³/mol. The standard InChI is InChI=1S/C28H34N2O7/c1-4-5-10-17(2)15-18(3)27(35)29-19-16-28(36,26-25(37-26)24(19)34)14-9-7-6-8-11-22(33)30-23-20(31)12-13-21(23)32/h6-9,11,14-17,25-26,31,36H,4-5,10,12-13H2,1-3H3,(H,29,35)(H,30,33)/b7-6+,11-8+,14-9+,18-15+/t17-,25-,26-,28-/m1/s1. The van der Waals surface area contributed by atoms with Gasteiger partial charge >= 0.3 is 0 Å². The molecular formula is C28H34N2O7. The van der Waals surface area contributed by atoms with Gasteiger partial charge in [0, 0.05) is 24.5 Å². The number of unbranched alkanes of at least 4 members (excludes halogenated alkanes) is 1. The molecule has 0 spiro atoms. The molecule has 1 fully saturated rings. The van der Waals surface area contributed by atoms with Gasteiger partial charge in [0.2, 0.25) is 11.7 Å². The lowest BCUT2D eigenvalue weighted by atomic mass is 9.88. The van der Waals surface area contributed by atoms with Gasteiger partial charge in [-0.25, -0.2) is 0 Å². The van der Waals surface area contributed by atoms with Gasteiger partial charge in [-0.15, -0.1) is 0 Å². The van der Waals surface area contributed by atoms with E-state index in [4.69, 9.17) is 4.74 Å². The van der Waals surface area contributed by atoms with E-state index in [0.717, 1.165) is 19.3 Å². The number of ketones is 2. The van der Waals surface area contributed by atoms with E-state index in [1.807, 2.05) is 13.0 Å². The van der Waals surface area contributed by atoms with Crippen molar-refractivity contribution in [2.24, 2.45) is 5.92 Å². The molecule has 2 amide bonds. The molecule has 0 aromatic rings. The third-order valence-corrected chi connectivity index (χ3v) is 6.35. The van der Waals surface area contributed by atoms with Crippen LogP contribution in [0, 0.1) is 5.92 Å². The van der Waals surface area contributed by atoms with Crippen molar-refractivity contribution in [1.29, 1.82) is 0 Å². The summed E-state index contributed by atoms with van der Waals surface area (Å²) in [6.07, 6.45) is 13.8. The van der Waals surface area contributed by atoms with Crippen molar-refractivity contribution in [3.8, 4) is 0 Å². The van der Waals surface area contributed by atoms with Crippen LogP contribution in [0.1, 0.15) is 52.9 Å². The van der Waals surface area contributed by atoms with Gasteiger partial charge in [-0.2, -0.15) is 0 Å². The quantitative estimate of drug-likeness (QED) is 0.190. The van der Waals surface area contributed by atoms with Crippen LogP contribution in [0.4, 0.5) is 0 Å². The zero-order valence-corrected chi connectivity index (χ0v) is 21.3. The Morgan fingerprint density at radius 1 is 1.19 bits per heavy atom. The van der Waals surface area contributed by atoms with Crippen LogP contribution in [-0.4, -0.2) is 51.4 Å². The minimum Gasteiger partial charge on any atom is -0.510 e. The number of rotatable bonds is 11.